The van der Waals surface area contributed by atoms with Gasteiger partial charge in [-0.25, -0.2) is 17.1 Å². The molecule has 2 bridgehead atoms. The summed E-state index contributed by atoms with van der Waals surface area (Å²) in [6.45, 7) is 0.857. The van der Waals surface area contributed by atoms with Crippen LogP contribution in [-0.4, -0.2) is 44.7 Å². The third-order valence-electron chi connectivity index (χ3n) is 7.30. The Hall–Kier alpha value is -2.60. The van der Waals surface area contributed by atoms with Crippen LogP contribution in [0.4, 0.5) is 4.39 Å². The Kier molecular flexibility index (Phi) is 6.90. The Bertz CT molecular complexity index is 1210. The number of rotatable bonds is 8. The summed E-state index contributed by atoms with van der Waals surface area (Å²) in [5.74, 6) is -0.358. The lowest BCUT2D eigenvalue weighted by atomic mass is 9.68. The Morgan fingerprint density at radius 3 is 2.50 bits per heavy atom. The zero-order valence-electron chi connectivity index (χ0n) is 19.6. The van der Waals surface area contributed by atoms with Gasteiger partial charge in [0, 0.05) is 20.5 Å². The fourth-order valence-corrected chi connectivity index (χ4v) is 6.00. The van der Waals surface area contributed by atoms with E-state index < -0.39 is 27.3 Å². The van der Waals surface area contributed by atoms with Crippen LogP contribution in [0.5, 0.6) is 0 Å². The van der Waals surface area contributed by atoms with Gasteiger partial charge in [0.25, 0.3) is 0 Å². The maximum Gasteiger partial charge on any atom is 0.242 e. The third kappa shape index (κ3) is 4.78. The van der Waals surface area contributed by atoms with Crippen molar-refractivity contribution in [2.75, 3.05) is 20.6 Å². The second-order valence-corrected chi connectivity index (χ2v) is 11.8. The second-order valence-electron chi connectivity index (χ2n) is 9.69. The summed E-state index contributed by atoms with van der Waals surface area (Å²) >= 11 is 0. The van der Waals surface area contributed by atoms with Crippen LogP contribution in [0.15, 0.2) is 47.4 Å². The molecule has 2 saturated heterocycles. The first-order valence-corrected chi connectivity index (χ1v) is 13.1. The molecule has 6 nitrogen and oxygen atoms in total. The molecule has 3 aliphatic rings. The molecular formula is C26H30FN3O3S. The number of carbonyl (C=O) groups is 1. The summed E-state index contributed by atoms with van der Waals surface area (Å²) in [5, 5.41) is 13.1. The van der Waals surface area contributed by atoms with Gasteiger partial charge in [-0.05, 0) is 79.5 Å². The van der Waals surface area contributed by atoms with Gasteiger partial charge in [-0.1, -0.05) is 24.3 Å². The minimum Gasteiger partial charge on any atom is -0.305 e. The van der Waals surface area contributed by atoms with Crippen molar-refractivity contribution in [1.29, 1.82) is 5.26 Å². The first-order valence-electron chi connectivity index (χ1n) is 11.6. The zero-order valence-corrected chi connectivity index (χ0v) is 20.4. The minimum absolute atomic E-state index is 0.0631. The highest BCUT2D eigenvalue weighted by atomic mass is 32.2. The monoisotopic (exact) mass is 483 g/mol. The average Bonchev–Trinajstić information content (AvgIpc) is 2.85. The van der Waals surface area contributed by atoms with Crippen LogP contribution in [0.2, 0.25) is 0 Å². The molecule has 2 aliphatic heterocycles. The van der Waals surface area contributed by atoms with Crippen LogP contribution in [0.25, 0.3) is 11.1 Å². The summed E-state index contributed by atoms with van der Waals surface area (Å²) < 4.78 is 41.0. The molecule has 3 fully saturated rings. The Balaban J connectivity index is 1.49. The van der Waals surface area contributed by atoms with Crippen molar-refractivity contribution in [3.63, 3.8) is 0 Å². The molecule has 180 valence electrons. The van der Waals surface area contributed by atoms with Gasteiger partial charge in [0.2, 0.25) is 10.0 Å². The summed E-state index contributed by atoms with van der Waals surface area (Å²) in [7, 11) is -0.684. The van der Waals surface area contributed by atoms with Crippen molar-refractivity contribution in [3.05, 3.63) is 53.8 Å². The molecule has 0 amide bonds. The highest BCUT2D eigenvalue weighted by Crippen LogP contribution is 2.38. The van der Waals surface area contributed by atoms with E-state index in [0.29, 0.717) is 22.6 Å². The predicted octanol–water partition coefficient (Wildman–Crippen LogP) is 3.92. The first-order chi connectivity index (χ1) is 16.1. The van der Waals surface area contributed by atoms with Crippen molar-refractivity contribution in [2.24, 2.45) is 11.8 Å². The van der Waals surface area contributed by atoms with Crippen LogP contribution < -0.4 is 5.32 Å². The van der Waals surface area contributed by atoms with E-state index in [-0.39, 0.29) is 23.5 Å². The van der Waals surface area contributed by atoms with Gasteiger partial charge in [-0.2, -0.15) is 5.26 Å². The summed E-state index contributed by atoms with van der Waals surface area (Å²) in [5.41, 5.74) is 0.990. The molecule has 1 atom stereocenters. The smallest absolute Gasteiger partial charge is 0.242 e. The van der Waals surface area contributed by atoms with E-state index in [1.807, 2.05) is 0 Å². The molecule has 0 aromatic heterocycles. The van der Waals surface area contributed by atoms with Gasteiger partial charge in [0.15, 0.2) is 5.78 Å². The largest absolute Gasteiger partial charge is 0.305 e. The van der Waals surface area contributed by atoms with E-state index in [2.05, 4.69) is 11.4 Å². The molecule has 1 aliphatic carbocycles. The van der Waals surface area contributed by atoms with Crippen molar-refractivity contribution in [1.82, 2.24) is 9.62 Å². The van der Waals surface area contributed by atoms with Gasteiger partial charge in [-0.15, -0.1) is 0 Å². The van der Waals surface area contributed by atoms with E-state index in [0.717, 1.165) is 36.5 Å². The van der Waals surface area contributed by atoms with E-state index in [4.69, 9.17) is 0 Å². The second kappa shape index (κ2) is 9.57. The number of piperidine rings is 2. The molecule has 8 heteroatoms. The number of ketones is 1. The summed E-state index contributed by atoms with van der Waals surface area (Å²) in [4.78, 5) is 13.2. The normalized spacial score (nSPS) is 23.0. The molecule has 0 radical (unpaired) electrons. The van der Waals surface area contributed by atoms with Gasteiger partial charge < -0.3 is 5.32 Å². The minimum atomic E-state index is -3.60. The van der Waals surface area contributed by atoms with Gasteiger partial charge in [0.1, 0.15) is 5.82 Å². The van der Waals surface area contributed by atoms with Gasteiger partial charge in [-0.3, -0.25) is 4.79 Å². The number of carbonyl (C=O) groups excluding carboxylic acids is 1. The zero-order chi connectivity index (χ0) is 24.5. The molecule has 1 saturated carbocycles. The van der Waals surface area contributed by atoms with Crippen molar-refractivity contribution < 1.29 is 17.6 Å². The molecule has 2 aromatic rings. The maximum absolute atomic E-state index is 15.0. The first kappa shape index (κ1) is 24.5. The predicted molar refractivity (Wildman–Crippen MR) is 128 cm³/mol. The standard InChI is InChI=1S/C26H30FN3O3S/c1-30(2)34(32,33)23-5-3-4-20(14-23)21-6-7-22(24(27)15-21)12-19(16-28)13-25(31)26-10-8-18(9-11-26)17-29-26/h3-7,14-15,18-19,29H,8-13,17H2,1-2H3/t18?,19-,26?/m1/s1. The van der Waals surface area contributed by atoms with Crippen LogP contribution >= 0.6 is 0 Å². The molecule has 34 heavy (non-hydrogen) atoms. The van der Waals surface area contributed by atoms with E-state index in [1.54, 1.807) is 24.3 Å². The molecular weight excluding hydrogens is 453 g/mol. The molecule has 2 aromatic carbocycles. The van der Waals surface area contributed by atoms with Crippen LogP contribution in [-0.2, 0) is 21.2 Å². The number of nitrogens with zero attached hydrogens (tertiary/aromatic N) is 2. The highest BCUT2D eigenvalue weighted by molar-refractivity contribution is 7.89. The van der Waals surface area contributed by atoms with Gasteiger partial charge >= 0.3 is 0 Å². The lowest BCUT2D eigenvalue weighted by Crippen LogP contribution is -2.60. The topological polar surface area (TPSA) is 90.3 Å². The molecule has 0 spiro atoms. The maximum atomic E-state index is 15.0. The number of hydrogen-bond donors (Lipinski definition) is 1. The van der Waals surface area contributed by atoms with E-state index in [9.17, 15) is 18.5 Å². The van der Waals surface area contributed by atoms with Crippen LogP contribution in [0.3, 0.4) is 0 Å². The SMILES string of the molecule is CN(C)S(=O)(=O)c1cccc(-c2ccc(C[C@@H](C#N)CC(=O)C34CCC(CC3)CN4)c(F)c2)c1. The molecule has 2 heterocycles. The fourth-order valence-electron chi connectivity index (χ4n) is 5.06. The number of fused-ring (bicyclic) bond motifs is 3. The number of nitrogens with one attached hydrogen (secondary N) is 1. The molecule has 0 unspecified atom stereocenters. The lowest BCUT2D eigenvalue weighted by molar-refractivity contribution is -0.129. The van der Waals surface area contributed by atoms with Crippen molar-refractivity contribution >= 4 is 15.8 Å². The van der Waals surface area contributed by atoms with E-state index >= 15 is 4.39 Å². The Morgan fingerprint density at radius 2 is 1.91 bits per heavy atom. The quantitative estimate of drug-likeness (QED) is 0.615. The number of benzene rings is 2. The lowest BCUT2D eigenvalue weighted by Gasteiger charge is -2.46. The van der Waals surface area contributed by atoms with Crippen molar-refractivity contribution in [2.45, 2.75) is 49.0 Å². The Morgan fingerprint density at radius 1 is 1.21 bits per heavy atom. The summed E-state index contributed by atoms with van der Waals surface area (Å²) in [6.07, 6.45) is 3.99. The van der Waals surface area contributed by atoms with Crippen molar-refractivity contribution in [3.8, 4) is 17.2 Å². The fraction of sp³-hybridized carbons (Fsp3) is 0.462. The highest BCUT2D eigenvalue weighted by Gasteiger charge is 2.45. The molecule has 1 N–H and O–H groups in total. The summed E-state index contributed by atoms with van der Waals surface area (Å²) in [6, 6.07) is 13.3. The number of nitriles is 1. The average molecular weight is 484 g/mol. The van der Waals surface area contributed by atoms with Crippen LogP contribution in [0, 0.1) is 29.0 Å². The number of halogens is 1. The number of hydrogen-bond acceptors (Lipinski definition) is 5. The van der Waals surface area contributed by atoms with E-state index in [1.165, 1.54) is 32.3 Å². The molecule has 5 rings (SSSR count). The van der Waals surface area contributed by atoms with Crippen LogP contribution in [0.1, 0.15) is 37.7 Å². The Labute approximate surface area is 200 Å². The van der Waals surface area contributed by atoms with Gasteiger partial charge in [0.05, 0.1) is 22.4 Å². The number of sulfonamides is 1. The third-order valence-corrected chi connectivity index (χ3v) is 9.11. The number of Topliss-reactive ketones (excluding diaryl/α,β-unsaturated/α-hetero) is 1.